The van der Waals surface area contributed by atoms with Gasteiger partial charge in [0.05, 0.1) is 0 Å². The second-order valence-corrected chi connectivity index (χ2v) is 9.07. The fraction of sp³-hybridized carbons (Fsp3) is 0.591. The molecule has 3 nitrogen and oxygen atoms in total. The van der Waals surface area contributed by atoms with Crippen LogP contribution in [0.2, 0.25) is 0 Å². The molecule has 4 aliphatic rings. The van der Waals surface area contributed by atoms with E-state index in [4.69, 9.17) is 4.42 Å². The van der Waals surface area contributed by atoms with Gasteiger partial charge in [0.25, 0.3) is 0 Å². The number of benzene rings is 1. The van der Waals surface area contributed by atoms with Gasteiger partial charge in [0.1, 0.15) is 5.58 Å². The summed E-state index contributed by atoms with van der Waals surface area (Å²) >= 11 is 0. The average molecular weight is 337 g/mol. The highest BCUT2D eigenvalue weighted by atomic mass is 16.4. The van der Waals surface area contributed by atoms with Gasteiger partial charge in [-0.2, -0.15) is 0 Å². The summed E-state index contributed by atoms with van der Waals surface area (Å²) in [6, 6.07) is 5.86. The maximum absolute atomic E-state index is 12.0. The lowest BCUT2D eigenvalue weighted by Crippen LogP contribution is -2.58. The van der Waals surface area contributed by atoms with Crippen LogP contribution < -0.4 is 10.9 Å². The first-order valence-corrected chi connectivity index (χ1v) is 9.79. The van der Waals surface area contributed by atoms with E-state index in [1.54, 1.807) is 6.07 Å². The SMILES string of the molecule is Cc1cc2oc(=O)cc(CNC34CC5CC(CC(C5)C3)C4)c2cc1C. The van der Waals surface area contributed by atoms with Crippen molar-refractivity contribution in [1.82, 2.24) is 5.32 Å². The van der Waals surface area contributed by atoms with Crippen LogP contribution >= 0.6 is 0 Å². The molecule has 132 valence electrons. The maximum Gasteiger partial charge on any atom is 0.336 e. The van der Waals surface area contributed by atoms with Crippen LogP contribution in [-0.2, 0) is 6.54 Å². The van der Waals surface area contributed by atoms with Crippen molar-refractivity contribution >= 4 is 11.0 Å². The van der Waals surface area contributed by atoms with Crippen molar-refractivity contribution in [3.63, 3.8) is 0 Å². The van der Waals surface area contributed by atoms with Gasteiger partial charge in [0.2, 0.25) is 0 Å². The molecule has 1 heterocycles. The highest BCUT2D eigenvalue weighted by Crippen LogP contribution is 2.55. The van der Waals surface area contributed by atoms with Crippen molar-refractivity contribution < 1.29 is 4.42 Å². The Morgan fingerprint density at radius 1 is 1.00 bits per heavy atom. The summed E-state index contributed by atoms with van der Waals surface area (Å²) in [6.07, 6.45) is 8.36. The third-order valence-corrected chi connectivity index (χ3v) is 7.14. The van der Waals surface area contributed by atoms with Crippen molar-refractivity contribution in [3.8, 4) is 0 Å². The van der Waals surface area contributed by atoms with Crippen molar-refractivity contribution in [2.24, 2.45) is 17.8 Å². The zero-order chi connectivity index (χ0) is 17.2. The average Bonchev–Trinajstić information content (AvgIpc) is 2.53. The van der Waals surface area contributed by atoms with E-state index in [1.165, 1.54) is 49.7 Å². The molecule has 0 unspecified atom stereocenters. The topological polar surface area (TPSA) is 42.2 Å². The normalized spacial score (nSPS) is 33.3. The van der Waals surface area contributed by atoms with Gasteiger partial charge in [-0.15, -0.1) is 0 Å². The molecule has 0 radical (unpaired) electrons. The molecule has 0 spiro atoms. The lowest BCUT2D eigenvalue weighted by Gasteiger charge is -2.57. The van der Waals surface area contributed by atoms with E-state index in [9.17, 15) is 4.79 Å². The minimum atomic E-state index is -0.238. The van der Waals surface area contributed by atoms with Gasteiger partial charge in [0, 0.05) is 23.5 Å². The molecule has 1 aromatic heterocycles. The first kappa shape index (κ1) is 15.6. The third-order valence-electron chi connectivity index (χ3n) is 7.14. The zero-order valence-electron chi connectivity index (χ0n) is 15.2. The van der Waals surface area contributed by atoms with Gasteiger partial charge in [0.15, 0.2) is 0 Å². The number of fused-ring (bicyclic) bond motifs is 1. The van der Waals surface area contributed by atoms with Gasteiger partial charge >= 0.3 is 5.63 Å². The Morgan fingerprint density at radius 2 is 1.60 bits per heavy atom. The molecule has 25 heavy (non-hydrogen) atoms. The lowest BCUT2D eigenvalue weighted by atomic mass is 9.53. The largest absolute Gasteiger partial charge is 0.423 e. The van der Waals surface area contributed by atoms with Crippen molar-refractivity contribution in [3.05, 3.63) is 45.3 Å². The second kappa shape index (κ2) is 5.44. The third kappa shape index (κ3) is 2.64. The minimum Gasteiger partial charge on any atom is -0.423 e. The van der Waals surface area contributed by atoms with Crippen LogP contribution in [0.15, 0.2) is 27.4 Å². The molecule has 4 aliphatic carbocycles. The van der Waals surface area contributed by atoms with Crippen LogP contribution in [0.1, 0.15) is 55.2 Å². The van der Waals surface area contributed by atoms with Gasteiger partial charge < -0.3 is 9.73 Å². The van der Waals surface area contributed by atoms with Crippen molar-refractivity contribution in [1.29, 1.82) is 0 Å². The van der Waals surface area contributed by atoms with Gasteiger partial charge in [-0.1, -0.05) is 0 Å². The smallest absolute Gasteiger partial charge is 0.336 e. The predicted octanol–water partition coefficient (Wildman–Crippen LogP) is 4.47. The number of aryl methyl sites for hydroxylation is 2. The van der Waals surface area contributed by atoms with Gasteiger partial charge in [-0.3, -0.25) is 0 Å². The molecule has 4 saturated carbocycles. The van der Waals surface area contributed by atoms with Crippen LogP contribution in [0.5, 0.6) is 0 Å². The molecular formula is C22H27NO2. The van der Waals surface area contributed by atoms with Crippen LogP contribution in [0, 0.1) is 31.6 Å². The quantitative estimate of drug-likeness (QED) is 0.840. The Hall–Kier alpha value is -1.61. The van der Waals surface area contributed by atoms with Crippen LogP contribution in [0.25, 0.3) is 11.0 Å². The fourth-order valence-corrected chi connectivity index (χ4v) is 6.24. The van der Waals surface area contributed by atoms with E-state index >= 15 is 0 Å². The predicted molar refractivity (Wildman–Crippen MR) is 99.7 cm³/mol. The number of nitrogens with one attached hydrogen (secondary N) is 1. The lowest BCUT2D eigenvalue weighted by molar-refractivity contribution is -0.0205. The van der Waals surface area contributed by atoms with E-state index in [0.29, 0.717) is 5.54 Å². The second-order valence-electron chi connectivity index (χ2n) is 9.07. The van der Waals surface area contributed by atoms with Gasteiger partial charge in [-0.05, 0) is 98.9 Å². The maximum atomic E-state index is 12.0. The molecule has 0 atom stereocenters. The summed E-state index contributed by atoms with van der Waals surface area (Å²) in [5.41, 5.74) is 4.30. The van der Waals surface area contributed by atoms with Crippen LogP contribution in [0.4, 0.5) is 0 Å². The first-order chi connectivity index (χ1) is 12.0. The molecule has 4 fully saturated rings. The minimum absolute atomic E-state index is 0.238. The molecule has 1 N–H and O–H groups in total. The highest BCUT2D eigenvalue weighted by Gasteiger charge is 2.50. The first-order valence-electron chi connectivity index (χ1n) is 9.79. The summed E-state index contributed by atoms with van der Waals surface area (Å²) in [5, 5.41) is 5.00. The molecule has 6 rings (SSSR count). The molecule has 4 bridgehead atoms. The molecule has 1 aromatic carbocycles. The Kier molecular flexibility index (Phi) is 3.40. The molecule has 3 heteroatoms. The summed E-state index contributed by atoms with van der Waals surface area (Å²) in [7, 11) is 0. The number of hydrogen-bond acceptors (Lipinski definition) is 3. The van der Waals surface area contributed by atoms with Crippen molar-refractivity contribution in [2.45, 2.75) is 64.5 Å². The van der Waals surface area contributed by atoms with E-state index in [-0.39, 0.29) is 5.63 Å². The van der Waals surface area contributed by atoms with Crippen LogP contribution in [0.3, 0.4) is 0 Å². The Labute approximate surface area is 148 Å². The molecule has 0 amide bonds. The molecule has 0 saturated heterocycles. The highest BCUT2D eigenvalue weighted by molar-refractivity contribution is 5.81. The van der Waals surface area contributed by atoms with E-state index in [0.717, 1.165) is 40.8 Å². The number of hydrogen-bond donors (Lipinski definition) is 1. The zero-order valence-corrected chi connectivity index (χ0v) is 15.2. The Morgan fingerprint density at radius 3 is 2.24 bits per heavy atom. The van der Waals surface area contributed by atoms with E-state index in [2.05, 4.69) is 25.2 Å². The number of rotatable bonds is 3. The van der Waals surface area contributed by atoms with Crippen molar-refractivity contribution in [2.75, 3.05) is 0 Å². The molecular weight excluding hydrogens is 310 g/mol. The Balaban J connectivity index is 1.46. The van der Waals surface area contributed by atoms with E-state index in [1.807, 2.05) is 6.07 Å². The van der Waals surface area contributed by atoms with Crippen LogP contribution in [-0.4, -0.2) is 5.54 Å². The summed E-state index contributed by atoms with van der Waals surface area (Å²) in [6.45, 7) is 4.96. The van der Waals surface area contributed by atoms with Gasteiger partial charge in [-0.25, -0.2) is 4.79 Å². The Bertz CT molecular complexity index is 859. The molecule has 0 aliphatic heterocycles. The summed E-state index contributed by atoms with van der Waals surface area (Å²) in [5.74, 6) is 2.80. The monoisotopic (exact) mass is 337 g/mol. The summed E-state index contributed by atoms with van der Waals surface area (Å²) < 4.78 is 5.45. The van der Waals surface area contributed by atoms with E-state index < -0.39 is 0 Å². The molecule has 2 aromatic rings. The fourth-order valence-electron chi connectivity index (χ4n) is 6.24. The standard InChI is InChI=1S/C22H27NO2/c1-13-3-19-18(8-21(24)25-20(19)4-14(13)2)12-23-22-9-15-5-16(10-22)7-17(6-15)11-22/h3-4,8,15-17,23H,5-7,9-12H2,1-2H3. The summed E-state index contributed by atoms with van der Waals surface area (Å²) in [4.78, 5) is 12.0.